The lowest BCUT2D eigenvalue weighted by molar-refractivity contribution is -0.122. The number of unbranched alkanes of at least 4 members (excludes halogenated alkanes) is 2. The van der Waals surface area contributed by atoms with Gasteiger partial charge >= 0.3 is 0 Å². The lowest BCUT2D eigenvalue weighted by atomic mass is 10.2. The van der Waals surface area contributed by atoms with E-state index in [0.29, 0.717) is 32.3 Å². The van der Waals surface area contributed by atoms with Crippen molar-refractivity contribution in [3.8, 4) is 0 Å². The van der Waals surface area contributed by atoms with Crippen LogP contribution in [0.2, 0.25) is 5.02 Å². The zero-order valence-corrected chi connectivity index (χ0v) is 20.3. The van der Waals surface area contributed by atoms with Gasteiger partial charge in [0.05, 0.1) is 15.1 Å². The first kappa shape index (κ1) is 22.9. The standard InChI is InChI=1S/C23H20ClN3O2S3/c24-16-11-9-15(10-12-16)14-19-21(29)27(23(30)32-19)13-5-1-2-8-20(28)26-22-25-17-6-3-4-7-18(17)31-22/h3-4,6-7,9-12,14H,1-2,5,8,13H2,(H,25,26,28)/b19-14-. The Labute approximate surface area is 204 Å². The minimum Gasteiger partial charge on any atom is -0.302 e. The zero-order valence-electron chi connectivity index (χ0n) is 17.0. The molecule has 32 heavy (non-hydrogen) atoms. The second-order valence-electron chi connectivity index (χ2n) is 7.23. The Morgan fingerprint density at radius 2 is 1.91 bits per heavy atom. The van der Waals surface area contributed by atoms with Crippen LogP contribution >= 0.6 is 46.9 Å². The quantitative estimate of drug-likeness (QED) is 0.221. The Morgan fingerprint density at radius 3 is 2.69 bits per heavy atom. The van der Waals surface area contributed by atoms with E-state index in [2.05, 4.69) is 10.3 Å². The molecule has 1 fully saturated rings. The minimum atomic E-state index is -0.0662. The number of aromatic nitrogens is 1. The fraction of sp³-hybridized carbons (Fsp3) is 0.217. The number of amides is 2. The first-order valence-corrected chi connectivity index (χ1v) is 12.6. The van der Waals surface area contributed by atoms with E-state index in [1.165, 1.54) is 23.1 Å². The summed E-state index contributed by atoms with van der Waals surface area (Å²) in [6.45, 7) is 0.558. The number of nitrogens with one attached hydrogen (secondary N) is 1. The second kappa shape index (κ2) is 10.6. The van der Waals surface area contributed by atoms with Crippen molar-refractivity contribution >= 4 is 84.5 Å². The largest absolute Gasteiger partial charge is 0.302 e. The number of hydrogen-bond acceptors (Lipinski definition) is 6. The Kier molecular flexibility index (Phi) is 7.57. The molecule has 2 heterocycles. The van der Waals surface area contributed by atoms with E-state index in [1.54, 1.807) is 17.0 Å². The molecule has 0 atom stereocenters. The maximum Gasteiger partial charge on any atom is 0.266 e. The summed E-state index contributed by atoms with van der Waals surface area (Å²) >= 11 is 14.1. The van der Waals surface area contributed by atoms with Crippen LogP contribution in [-0.4, -0.2) is 32.6 Å². The van der Waals surface area contributed by atoms with Crippen LogP contribution in [0.25, 0.3) is 16.3 Å². The third-order valence-electron chi connectivity index (χ3n) is 4.87. The van der Waals surface area contributed by atoms with Crippen molar-refractivity contribution < 1.29 is 9.59 Å². The number of benzene rings is 2. The Balaban J connectivity index is 1.20. The smallest absolute Gasteiger partial charge is 0.266 e. The maximum atomic E-state index is 12.7. The molecule has 4 rings (SSSR count). The summed E-state index contributed by atoms with van der Waals surface area (Å²) < 4.78 is 1.63. The average molecular weight is 502 g/mol. The predicted octanol–water partition coefficient (Wildman–Crippen LogP) is 6.35. The highest BCUT2D eigenvalue weighted by Gasteiger charge is 2.31. The average Bonchev–Trinajstić information content (AvgIpc) is 3.29. The molecule has 1 N–H and O–H groups in total. The van der Waals surface area contributed by atoms with Crippen LogP contribution in [0, 0.1) is 0 Å². The molecule has 0 bridgehead atoms. The molecule has 164 valence electrons. The minimum absolute atomic E-state index is 0.0411. The molecule has 2 amide bonds. The van der Waals surface area contributed by atoms with E-state index < -0.39 is 0 Å². The van der Waals surface area contributed by atoms with Crippen molar-refractivity contribution in [2.45, 2.75) is 25.7 Å². The maximum absolute atomic E-state index is 12.7. The number of rotatable bonds is 8. The van der Waals surface area contributed by atoms with Gasteiger partial charge in [0.15, 0.2) is 5.13 Å². The number of carbonyl (C=O) groups is 2. The molecular formula is C23H20ClN3O2S3. The van der Waals surface area contributed by atoms with Crippen molar-refractivity contribution in [1.29, 1.82) is 0 Å². The first-order chi connectivity index (χ1) is 15.5. The summed E-state index contributed by atoms with van der Waals surface area (Å²) in [5.74, 6) is -0.107. The fourth-order valence-corrected chi connectivity index (χ4v) is 5.56. The lowest BCUT2D eigenvalue weighted by Gasteiger charge is -2.14. The summed E-state index contributed by atoms with van der Waals surface area (Å²) in [7, 11) is 0. The fourth-order valence-electron chi connectivity index (χ4n) is 3.24. The molecule has 1 aliphatic heterocycles. The third-order valence-corrected chi connectivity index (χ3v) is 7.45. The molecule has 1 saturated heterocycles. The van der Waals surface area contributed by atoms with Gasteiger partial charge in [0.2, 0.25) is 5.91 Å². The highest BCUT2D eigenvalue weighted by molar-refractivity contribution is 8.26. The van der Waals surface area contributed by atoms with Gasteiger partial charge < -0.3 is 5.32 Å². The number of halogens is 1. The molecule has 9 heteroatoms. The molecule has 0 radical (unpaired) electrons. The molecule has 2 aromatic carbocycles. The normalized spacial score (nSPS) is 15.2. The predicted molar refractivity (Wildman–Crippen MR) is 138 cm³/mol. The number of carbonyl (C=O) groups excluding carboxylic acids is 2. The van der Waals surface area contributed by atoms with E-state index in [-0.39, 0.29) is 11.8 Å². The first-order valence-electron chi connectivity index (χ1n) is 10.2. The molecule has 3 aromatic rings. The van der Waals surface area contributed by atoms with E-state index in [0.717, 1.165) is 35.0 Å². The van der Waals surface area contributed by atoms with E-state index in [4.69, 9.17) is 23.8 Å². The number of para-hydroxylation sites is 1. The Bertz CT molecular complexity index is 1160. The van der Waals surface area contributed by atoms with Crippen LogP contribution in [0.3, 0.4) is 0 Å². The number of hydrogen-bond donors (Lipinski definition) is 1. The van der Waals surface area contributed by atoms with Gasteiger partial charge in [-0.05, 0) is 48.7 Å². The van der Waals surface area contributed by atoms with E-state index in [9.17, 15) is 9.59 Å². The highest BCUT2D eigenvalue weighted by atomic mass is 35.5. The topological polar surface area (TPSA) is 62.3 Å². The monoisotopic (exact) mass is 501 g/mol. The van der Waals surface area contributed by atoms with Gasteiger partial charge in [-0.2, -0.15) is 0 Å². The van der Waals surface area contributed by atoms with Gasteiger partial charge in [-0.3, -0.25) is 14.5 Å². The summed E-state index contributed by atoms with van der Waals surface area (Å²) in [4.78, 5) is 31.6. The molecule has 0 aliphatic carbocycles. The lowest BCUT2D eigenvalue weighted by Crippen LogP contribution is -2.29. The van der Waals surface area contributed by atoms with Crippen molar-refractivity contribution in [1.82, 2.24) is 9.88 Å². The van der Waals surface area contributed by atoms with Crippen LogP contribution in [0.5, 0.6) is 0 Å². The third kappa shape index (κ3) is 5.75. The number of anilines is 1. The molecular weight excluding hydrogens is 482 g/mol. The summed E-state index contributed by atoms with van der Waals surface area (Å²) in [5, 5.41) is 4.16. The number of thioether (sulfide) groups is 1. The van der Waals surface area contributed by atoms with Gasteiger partial charge in [0.1, 0.15) is 4.32 Å². The summed E-state index contributed by atoms with van der Waals surface area (Å²) in [5.41, 5.74) is 1.80. The number of thiazole rings is 1. The van der Waals surface area contributed by atoms with Crippen molar-refractivity contribution in [2.75, 3.05) is 11.9 Å². The number of thiocarbonyl (C=S) groups is 1. The van der Waals surface area contributed by atoms with Crippen molar-refractivity contribution in [2.24, 2.45) is 0 Å². The van der Waals surface area contributed by atoms with Crippen LogP contribution in [-0.2, 0) is 9.59 Å². The van der Waals surface area contributed by atoms with Gasteiger partial charge in [-0.15, -0.1) is 0 Å². The number of nitrogens with zero attached hydrogens (tertiary/aromatic N) is 2. The SMILES string of the molecule is O=C(CCCCCN1C(=O)/C(=C/c2ccc(Cl)cc2)SC1=S)Nc1nc2ccccc2s1. The Hall–Kier alpha value is -2.26. The highest BCUT2D eigenvalue weighted by Crippen LogP contribution is 2.33. The van der Waals surface area contributed by atoms with E-state index in [1.807, 2.05) is 42.5 Å². The second-order valence-corrected chi connectivity index (χ2v) is 10.4. The molecule has 0 spiro atoms. The van der Waals surface area contributed by atoms with Gasteiger partial charge in [-0.25, -0.2) is 4.98 Å². The van der Waals surface area contributed by atoms with Gasteiger partial charge in [0.25, 0.3) is 5.91 Å². The Morgan fingerprint density at radius 1 is 1.12 bits per heavy atom. The molecule has 0 saturated carbocycles. The molecule has 0 unspecified atom stereocenters. The molecule has 1 aromatic heterocycles. The van der Waals surface area contributed by atoms with Gasteiger partial charge in [0, 0.05) is 18.0 Å². The van der Waals surface area contributed by atoms with Gasteiger partial charge in [-0.1, -0.05) is 77.6 Å². The zero-order chi connectivity index (χ0) is 22.5. The van der Waals surface area contributed by atoms with Crippen molar-refractivity contribution in [3.05, 3.63) is 64.0 Å². The van der Waals surface area contributed by atoms with Crippen LogP contribution < -0.4 is 5.32 Å². The van der Waals surface area contributed by atoms with Crippen LogP contribution in [0.4, 0.5) is 5.13 Å². The summed E-state index contributed by atoms with van der Waals surface area (Å²) in [6.07, 6.45) is 4.62. The van der Waals surface area contributed by atoms with Crippen LogP contribution in [0.1, 0.15) is 31.2 Å². The van der Waals surface area contributed by atoms with E-state index >= 15 is 0 Å². The van der Waals surface area contributed by atoms with Crippen LogP contribution in [0.15, 0.2) is 53.4 Å². The van der Waals surface area contributed by atoms with Crippen molar-refractivity contribution in [3.63, 3.8) is 0 Å². The summed E-state index contributed by atoms with van der Waals surface area (Å²) in [6, 6.07) is 15.1. The number of fused-ring (bicyclic) bond motifs is 1. The molecule has 5 nitrogen and oxygen atoms in total. The molecule has 1 aliphatic rings.